The molecular weight excluding hydrogens is 251 g/mol. The molecule has 0 radical (unpaired) electrons. The summed E-state index contributed by atoms with van der Waals surface area (Å²) in [6.07, 6.45) is 3.49. The fourth-order valence-corrected chi connectivity index (χ4v) is 2.25. The van der Waals surface area contributed by atoms with E-state index in [1.807, 2.05) is 37.3 Å². The van der Waals surface area contributed by atoms with E-state index in [1.54, 1.807) is 12.3 Å². The Bertz CT molecular complexity index is 540. The number of hydrogen-bond acceptors (Lipinski definition) is 2. The summed E-state index contributed by atoms with van der Waals surface area (Å²) in [7, 11) is 0. The number of aromatic nitrogens is 1. The minimum absolute atomic E-state index is 0.0366. The van der Waals surface area contributed by atoms with E-state index in [-0.39, 0.29) is 11.9 Å². The van der Waals surface area contributed by atoms with Gasteiger partial charge in [-0.3, -0.25) is 4.98 Å². The van der Waals surface area contributed by atoms with Crippen LogP contribution in [0.4, 0.5) is 4.39 Å². The molecule has 0 saturated heterocycles. The topological polar surface area (TPSA) is 24.9 Å². The van der Waals surface area contributed by atoms with Crippen LogP contribution in [0.2, 0.25) is 0 Å². The third-order valence-corrected chi connectivity index (χ3v) is 3.31. The van der Waals surface area contributed by atoms with Crippen LogP contribution in [-0.4, -0.2) is 11.5 Å². The van der Waals surface area contributed by atoms with E-state index in [9.17, 15) is 4.39 Å². The molecule has 1 aromatic heterocycles. The molecule has 2 aromatic rings. The molecule has 0 spiro atoms. The zero-order valence-electron chi connectivity index (χ0n) is 12.1. The van der Waals surface area contributed by atoms with Gasteiger partial charge < -0.3 is 5.32 Å². The summed E-state index contributed by atoms with van der Waals surface area (Å²) in [5, 5.41) is 3.41. The van der Waals surface area contributed by atoms with Gasteiger partial charge in [0.15, 0.2) is 0 Å². The van der Waals surface area contributed by atoms with E-state index in [0.717, 1.165) is 29.8 Å². The SMILES string of the molecule is CCCNC(Cc1ccccn1)c1ccc(C)cc1F. The van der Waals surface area contributed by atoms with Gasteiger partial charge in [-0.25, -0.2) is 4.39 Å². The lowest BCUT2D eigenvalue weighted by molar-refractivity contribution is 0.493. The van der Waals surface area contributed by atoms with Gasteiger partial charge in [0.05, 0.1) is 0 Å². The molecule has 1 atom stereocenters. The standard InChI is InChI=1S/C17H21FN2/c1-3-9-20-17(12-14-6-4-5-10-19-14)15-8-7-13(2)11-16(15)18/h4-8,10-11,17,20H,3,9,12H2,1-2H3. The zero-order valence-corrected chi connectivity index (χ0v) is 12.1. The Balaban J connectivity index is 2.22. The normalized spacial score (nSPS) is 12.3. The highest BCUT2D eigenvalue weighted by Gasteiger charge is 2.16. The number of nitrogens with zero attached hydrogens (tertiary/aromatic N) is 1. The predicted octanol–water partition coefficient (Wildman–Crippen LogP) is 3.81. The quantitative estimate of drug-likeness (QED) is 0.865. The molecule has 0 saturated carbocycles. The van der Waals surface area contributed by atoms with Gasteiger partial charge >= 0.3 is 0 Å². The first-order valence-corrected chi connectivity index (χ1v) is 7.10. The molecule has 2 rings (SSSR count). The molecule has 2 nitrogen and oxygen atoms in total. The second-order valence-electron chi connectivity index (χ2n) is 5.06. The maximum atomic E-state index is 14.2. The van der Waals surface area contributed by atoms with Crippen molar-refractivity contribution in [1.29, 1.82) is 0 Å². The predicted molar refractivity (Wildman–Crippen MR) is 80.1 cm³/mol. The average molecular weight is 272 g/mol. The van der Waals surface area contributed by atoms with E-state index >= 15 is 0 Å². The van der Waals surface area contributed by atoms with Crippen LogP contribution in [0.15, 0.2) is 42.6 Å². The van der Waals surface area contributed by atoms with Crippen molar-refractivity contribution < 1.29 is 4.39 Å². The van der Waals surface area contributed by atoms with Gasteiger partial charge in [0.25, 0.3) is 0 Å². The lowest BCUT2D eigenvalue weighted by atomic mass is 9.99. The fraction of sp³-hybridized carbons (Fsp3) is 0.353. The molecule has 0 amide bonds. The van der Waals surface area contributed by atoms with Crippen molar-refractivity contribution in [2.45, 2.75) is 32.7 Å². The number of aryl methyl sites for hydroxylation is 1. The van der Waals surface area contributed by atoms with Gasteiger partial charge in [-0.15, -0.1) is 0 Å². The van der Waals surface area contributed by atoms with Crippen LogP contribution < -0.4 is 5.32 Å². The first-order valence-electron chi connectivity index (χ1n) is 7.10. The number of rotatable bonds is 6. The van der Waals surface area contributed by atoms with Crippen LogP contribution in [0.5, 0.6) is 0 Å². The summed E-state index contributed by atoms with van der Waals surface area (Å²) in [6, 6.07) is 11.2. The van der Waals surface area contributed by atoms with Crippen molar-refractivity contribution in [3.63, 3.8) is 0 Å². The molecule has 20 heavy (non-hydrogen) atoms. The van der Waals surface area contributed by atoms with Crippen molar-refractivity contribution in [3.05, 3.63) is 65.2 Å². The summed E-state index contributed by atoms with van der Waals surface area (Å²) < 4.78 is 14.2. The molecule has 1 unspecified atom stereocenters. The summed E-state index contributed by atoms with van der Waals surface area (Å²) in [5.41, 5.74) is 2.63. The van der Waals surface area contributed by atoms with Crippen LogP contribution in [0.3, 0.4) is 0 Å². The van der Waals surface area contributed by atoms with Crippen LogP contribution in [0, 0.1) is 12.7 Å². The van der Waals surface area contributed by atoms with Crippen LogP contribution in [-0.2, 0) is 6.42 Å². The Labute approximate surface area is 120 Å². The number of benzene rings is 1. The largest absolute Gasteiger partial charge is 0.310 e. The van der Waals surface area contributed by atoms with Gasteiger partial charge in [0, 0.05) is 29.9 Å². The molecule has 1 aromatic carbocycles. The minimum atomic E-state index is -0.144. The van der Waals surface area contributed by atoms with Crippen LogP contribution >= 0.6 is 0 Å². The van der Waals surface area contributed by atoms with Crippen LogP contribution in [0.1, 0.15) is 36.2 Å². The summed E-state index contributed by atoms with van der Waals surface area (Å²) >= 11 is 0. The first-order chi connectivity index (χ1) is 9.70. The summed E-state index contributed by atoms with van der Waals surface area (Å²) in [6.45, 7) is 4.88. The molecule has 3 heteroatoms. The van der Waals surface area contributed by atoms with Crippen molar-refractivity contribution in [2.24, 2.45) is 0 Å². The highest BCUT2D eigenvalue weighted by Crippen LogP contribution is 2.21. The lowest BCUT2D eigenvalue weighted by Gasteiger charge is -2.19. The smallest absolute Gasteiger partial charge is 0.128 e. The Morgan fingerprint density at radius 3 is 2.75 bits per heavy atom. The molecule has 106 valence electrons. The molecule has 1 N–H and O–H groups in total. The molecule has 0 aliphatic carbocycles. The Kier molecular flexibility index (Phi) is 5.24. The van der Waals surface area contributed by atoms with Gasteiger partial charge in [-0.1, -0.05) is 25.1 Å². The molecule has 0 bridgehead atoms. The second kappa shape index (κ2) is 7.15. The molecule has 0 aliphatic heterocycles. The molecule has 1 heterocycles. The van der Waals surface area contributed by atoms with E-state index in [2.05, 4.69) is 17.2 Å². The van der Waals surface area contributed by atoms with Crippen LogP contribution in [0.25, 0.3) is 0 Å². The van der Waals surface area contributed by atoms with Gasteiger partial charge in [0.1, 0.15) is 5.82 Å². The summed E-state index contributed by atoms with van der Waals surface area (Å²) in [5.74, 6) is -0.144. The molecule has 0 aliphatic rings. The number of pyridine rings is 1. The Hall–Kier alpha value is -1.74. The van der Waals surface area contributed by atoms with E-state index < -0.39 is 0 Å². The van der Waals surface area contributed by atoms with Crippen molar-refractivity contribution >= 4 is 0 Å². The van der Waals surface area contributed by atoms with E-state index in [0.29, 0.717) is 6.42 Å². The number of nitrogens with one attached hydrogen (secondary N) is 1. The maximum Gasteiger partial charge on any atom is 0.128 e. The Morgan fingerprint density at radius 2 is 2.10 bits per heavy atom. The van der Waals surface area contributed by atoms with Crippen molar-refractivity contribution in [1.82, 2.24) is 10.3 Å². The highest BCUT2D eigenvalue weighted by molar-refractivity contribution is 5.27. The van der Waals surface area contributed by atoms with E-state index in [4.69, 9.17) is 0 Å². The third-order valence-electron chi connectivity index (χ3n) is 3.31. The summed E-state index contributed by atoms with van der Waals surface area (Å²) in [4.78, 5) is 4.34. The zero-order chi connectivity index (χ0) is 14.4. The van der Waals surface area contributed by atoms with Crippen molar-refractivity contribution in [3.8, 4) is 0 Å². The monoisotopic (exact) mass is 272 g/mol. The Morgan fingerprint density at radius 1 is 1.25 bits per heavy atom. The van der Waals surface area contributed by atoms with E-state index in [1.165, 1.54) is 0 Å². The number of hydrogen-bond donors (Lipinski definition) is 1. The third kappa shape index (κ3) is 3.87. The lowest BCUT2D eigenvalue weighted by Crippen LogP contribution is -2.25. The maximum absolute atomic E-state index is 14.2. The van der Waals surface area contributed by atoms with Gasteiger partial charge in [0.2, 0.25) is 0 Å². The van der Waals surface area contributed by atoms with Gasteiger partial charge in [-0.2, -0.15) is 0 Å². The second-order valence-corrected chi connectivity index (χ2v) is 5.06. The number of halogens is 1. The highest BCUT2D eigenvalue weighted by atomic mass is 19.1. The minimum Gasteiger partial charge on any atom is -0.310 e. The molecule has 0 fully saturated rings. The van der Waals surface area contributed by atoms with Crippen molar-refractivity contribution in [2.75, 3.05) is 6.54 Å². The average Bonchev–Trinajstić information content (AvgIpc) is 2.45. The van der Waals surface area contributed by atoms with Gasteiger partial charge in [-0.05, 0) is 43.7 Å². The first kappa shape index (κ1) is 14.7. The molecular formula is C17H21FN2. The fourth-order valence-electron chi connectivity index (χ4n) is 2.25.